The minimum Gasteiger partial charge on any atom is -0.350 e. The van der Waals surface area contributed by atoms with E-state index in [1.807, 2.05) is 10.6 Å². The quantitative estimate of drug-likeness (QED) is 0.795. The number of hydrogen-bond donors (Lipinski definition) is 1. The van der Waals surface area contributed by atoms with Crippen molar-refractivity contribution in [2.24, 2.45) is 5.92 Å². The lowest BCUT2D eigenvalue weighted by Gasteiger charge is -2.47. The SMILES string of the molecule is CC(C)=CCN1C[C@H]2C[C@@H](C1)[C@H](CNC(=O)c1ccncc1)n1c2cccc1=O. The first-order chi connectivity index (χ1) is 14.0. The Bertz CT molecular complexity index is 962. The number of carbonyl (C=O) groups excluding carboxylic acids is 1. The number of piperidine rings is 1. The van der Waals surface area contributed by atoms with Crippen molar-refractivity contribution in [3.63, 3.8) is 0 Å². The number of allylic oxidation sites excluding steroid dienone is 1. The van der Waals surface area contributed by atoms with Gasteiger partial charge in [0.25, 0.3) is 11.5 Å². The molecule has 2 aromatic rings. The molecule has 4 heterocycles. The van der Waals surface area contributed by atoms with Gasteiger partial charge < -0.3 is 9.88 Å². The van der Waals surface area contributed by atoms with Crippen LogP contribution >= 0.6 is 0 Å². The largest absolute Gasteiger partial charge is 0.350 e. The molecule has 1 amide bonds. The second-order valence-electron chi connectivity index (χ2n) is 8.36. The number of amides is 1. The van der Waals surface area contributed by atoms with Gasteiger partial charge in [0.05, 0.1) is 6.04 Å². The maximum Gasteiger partial charge on any atom is 0.251 e. The summed E-state index contributed by atoms with van der Waals surface area (Å²) < 4.78 is 1.93. The van der Waals surface area contributed by atoms with Crippen molar-refractivity contribution in [3.8, 4) is 0 Å². The van der Waals surface area contributed by atoms with Gasteiger partial charge in [-0.1, -0.05) is 17.7 Å². The van der Waals surface area contributed by atoms with Crippen molar-refractivity contribution < 1.29 is 4.79 Å². The molecule has 4 rings (SSSR count). The van der Waals surface area contributed by atoms with Crippen LogP contribution in [0.2, 0.25) is 0 Å². The van der Waals surface area contributed by atoms with E-state index in [9.17, 15) is 9.59 Å². The highest BCUT2D eigenvalue weighted by Crippen LogP contribution is 2.40. The molecule has 2 bridgehead atoms. The van der Waals surface area contributed by atoms with Crippen molar-refractivity contribution in [2.75, 3.05) is 26.2 Å². The lowest BCUT2D eigenvalue weighted by atomic mass is 9.78. The van der Waals surface area contributed by atoms with Gasteiger partial charge in [-0.15, -0.1) is 0 Å². The average molecular weight is 393 g/mol. The van der Waals surface area contributed by atoms with Gasteiger partial charge in [-0.05, 0) is 44.4 Å². The summed E-state index contributed by atoms with van der Waals surface area (Å²) in [6.45, 7) is 7.54. The molecule has 0 spiro atoms. The van der Waals surface area contributed by atoms with Crippen LogP contribution in [-0.2, 0) is 0 Å². The third-order valence-electron chi connectivity index (χ3n) is 6.05. The van der Waals surface area contributed by atoms with Gasteiger partial charge in [0.15, 0.2) is 0 Å². The minimum atomic E-state index is -0.128. The molecule has 1 N–H and O–H groups in total. The normalized spacial score (nSPS) is 23.2. The number of aromatic nitrogens is 2. The summed E-state index contributed by atoms with van der Waals surface area (Å²) in [7, 11) is 0. The van der Waals surface area contributed by atoms with Crippen LogP contribution in [0.15, 0.2) is 59.2 Å². The molecular formula is C23H28N4O2. The fraction of sp³-hybridized carbons (Fsp3) is 0.435. The molecule has 0 saturated carbocycles. The molecular weight excluding hydrogens is 364 g/mol. The predicted molar refractivity (Wildman–Crippen MR) is 113 cm³/mol. The highest BCUT2D eigenvalue weighted by atomic mass is 16.1. The summed E-state index contributed by atoms with van der Waals surface area (Å²) in [5.74, 6) is 0.572. The van der Waals surface area contributed by atoms with Crippen molar-refractivity contribution in [3.05, 3.63) is 76.0 Å². The Hall–Kier alpha value is -2.73. The molecule has 2 aliphatic heterocycles. The number of nitrogens with one attached hydrogen (secondary N) is 1. The monoisotopic (exact) mass is 392 g/mol. The van der Waals surface area contributed by atoms with E-state index in [0.29, 0.717) is 23.9 Å². The Labute approximate surface area is 171 Å². The molecule has 0 unspecified atom stereocenters. The Morgan fingerprint density at radius 2 is 2.00 bits per heavy atom. The molecule has 152 valence electrons. The van der Waals surface area contributed by atoms with Crippen molar-refractivity contribution >= 4 is 5.91 Å². The van der Waals surface area contributed by atoms with E-state index in [1.54, 1.807) is 30.6 Å². The van der Waals surface area contributed by atoms with Crippen LogP contribution in [0.4, 0.5) is 0 Å². The number of fused-ring (bicyclic) bond motifs is 4. The third-order valence-corrected chi connectivity index (χ3v) is 6.05. The summed E-state index contributed by atoms with van der Waals surface area (Å²) in [6.07, 6.45) is 6.55. The maximum absolute atomic E-state index is 12.7. The van der Waals surface area contributed by atoms with Crippen LogP contribution in [0.3, 0.4) is 0 Å². The summed E-state index contributed by atoms with van der Waals surface area (Å²) in [4.78, 5) is 31.7. The zero-order valence-corrected chi connectivity index (χ0v) is 17.0. The van der Waals surface area contributed by atoms with Gasteiger partial charge in [-0.25, -0.2) is 0 Å². The average Bonchev–Trinajstić information content (AvgIpc) is 2.73. The lowest BCUT2D eigenvalue weighted by Crippen LogP contribution is -2.52. The predicted octanol–water partition coefficient (Wildman–Crippen LogP) is 2.60. The number of hydrogen-bond acceptors (Lipinski definition) is 4. The fourth-order valence-electron chi connectivity index (χ4n) is 4.66. The Kier molecular flexibility index (Phi) is 5.62. The van der Waals surface area contributed by atoms with E-state index in [0.717, 1.165) is 31.7 Å². The first-order valence-electron chi connectivity index (χ1n) is 10.3. The van der Waals surface area contributed by atoms with Gasteiger partial charge in [0, 0.05) is 61.8 Å². The first kappa shape index (κ1) is 19.6. The first-order valence-corrected chi connectivity index (χ1v) is 10.3. The lowest BCUT2D eigenvalue weighted by molar-refractivity contribution is 0.0856. The number of rotatable bonds is 5. The van der Waals surface area contributed by atoms with Crippen LogP contribution in [0, 0.1) is 5.92 Å². The summed E-state index contributed by atoms with van der Waals surface area (Å²) in [5, 5.41) is 3.05. The number of nitrogens with zero attached hydrogens (tertiary/aromatic N) is 3. The number of likely N-dealkylation sites (tertiary alicyclic amines) is 1. The smallest absolute Gasteiger partial charge is 0.251 e. The van der Waals surface area contributed by atoms with E-state index in [1.165, 1.54) is 5.57 Å². The Morgan fingerprint density at radius 3 is 2.76 bits per heavy atom. The van der Waals surface area contributed by atoms with Gasteiger partial charge in [-0.2, -0.15) is 0 Å². The summed E-state index contributed by atoms with van der Waals surface area (Å²) >= 11 is 0. The zero-order valence-electron chi connectivity index (χ0n) is 17.0. The topological polar surface area (TPSA) is 67.2 Å². The Morgan fingerprint density at radius 1 is 1.21 bits per heavy atom. The highest BCUT2D eigenvalue weighted by molar-refractivity contribution is 5.93. The van der Waals surface area contributed by atoms with Crippen LogP contribution in [-0.4, -0.2) is 46.5 Å². The fourth-order valence-corrected chi connectivity index (χ4v) is 4.66. The molecule has 1 saturated heterocycles. The van der Waals surface area contributed by atoms with E-state index < -0.39 is 0 Å². The second kappa shape index (κ2) is 8.33. The summed E-state index contributed by atoms with van der Waals surface area (Å²) in [5.41, 5.74) is 3.03. The molecule has 3 atom stereocenters. The van der Waals surface area contributed by atoms with Crippen LogP contribution in [0.1, 0.15) is 48.3 Å². The van der Waals surface area contributed by atoms with Crippen LogP contribution in [0.5, 0.6) is 0 Å². The summed E-state index contributed by atoms with van der Waals surface area (Å²) in [6, 6.07) is 8.93. The maximum atomic E-state index is 12.7. The molecule has 6 heteroatoms. The van der Waals surface area contributed by atoms with Gasteiger partial charge in [0.1, 0.15) is 0 Å². The number of pyridine rings is 2. The third kappa shape index (κ3) is 4.17. The molecule has 29 heavy (non-hydrogen) atoms. The Balaban J connectivity index is 1.58. The highest BCUT2D eigenvalue weighted by Gasteiger charge is 2.40. The molecule has 1 fully saturated rings. The van der Waals surface area contributed by atoms with E-state index >= 15 is 0 Å². The zero-order chi connectivity index (χ0) is 20.4. The van der Waals surface area contributed by atoms with E-state index in [4.69, 9.17) is 0 Å². The van der Waals surface area contributed by atoms with E-state index in [2.05, 4.69) is 41.2 Å². The number of carbonyl (C=O) groups is 1. The molecule has 2 aromatic heterocycles. The van der Waals surface area contributed by atoms with Gasteiger partial charge in [-0.3, -0.25) is 19.5 Å². The molecule has 0 radical (unpaired) electrons. The van der Waals surface area contributed by atoms with E-state index in [-0.39, 0.29) is 17.5 Å². The molecule has 0 aromatic carbocycles. The standard InChI is InChI=1S/C23H28N4O2/c1-16(2)8-11-26-14-18-12-19(15-26)21(27-20(18)4-3-5-22(27)28)13-25-23(29)17-6-9-24-10-7-17/h3-10,18-19,21H,11-15H2,1-2H3,(H,25,29)/t18-,19+,21+/m1/s1. The molecule has 0 aliphatic carbocycles. The van der Waals surface area contributed by atoms with Crippen molar-refractivity contribution in [1.82, 2.24) is 19.8 Å². The van der Waals surface area contributed by atoms with Crippen LogP contribution in [0.25, 0.3) is 0 Å². The minimum absolute atomic E-state index is 0.0260. The van der Waals surface area contributed by atoms with Gasteiger partial charge in [0.2, 0.25) is 0 Å². The molecule has 2 aliphatic rings. The van der Waals surface area contributed by atoms with Crippen LogP contribution < -0.4 is 10.9 Å². The van der Waals surface area contributed by atoms with Crippen molar-refractivity contribution in [2.45, 2.75) is 32.2 Å². The molecule has 6 nitrogen and oxygen atoms in total. The second-order valence-corrected chi connectivity index (χ2v) is 8.36. The van der Waals surface area contributed by atoms with Crippen molar-refractivity contribution in [1.29, 1.82) is 0 Å². The van der Waals surface area contributed by atoms with Gasteiger partial charge >= 0.3 is 0 Å².